The van der Waals surface area contributed by atoms with Crippen molar-refractivity contribution in [3.8, 4) is 0 Å². The summed E-state index contributed by atoms with van der Waals surface area (Å²) in [6, 6.07) is 18.2. The monoisotopic (exact) mass is 416 g/mol. The van der Waals surface area contributed by atoms with Gasteiger partial charge in [-0.3, -0.25) is 14.5 Å². The van der Waals surface area contributed by atoms with E-state index in [0.29, 0.717) is 5.92 Å². The normalized spacial score (nSPS) is 22.0. The van der Waals surface area contributed by atoms with Crippen LogP contribution in [0.3, 0.4) is 0 Å². The van der Waals surface area contributed by atoms with Gasteiger partial charge in [0.05, 0.1) is 6.42 Å². The highest BCUT2D eigenvalue weighted by atomic mass is 16.2. The fraction of sp³-hybridized carbons (Fsp3) is 0.407. The van der Waals surface area contributed by atoms with Crippen molar-refractivity contribution in [1.29, 1.82) is 0 Å². The van der Waals surface area contributed by atoms with E-state index in [4.69, 9.17) is 0 Å². The molecule has 2 aliphatic rings. The number of rotatable bonds is 6. The summed E-state index contributed by atoms with van der Waals surface area (Å²) in [5.74, 6) is 0.325. The second-order valence-electron chi connectivity index (χ2n) is 9.13. The fourth-order valence-corrected chi connectivity index (χ4v) is 4.65. The van der Waals surface area contributed by atoms with Crippen LogP contribution >= 0.6 is 0 Å². The maximum atomic E-state index is 13.6. The first-order chi connectivity index (χ1) is 15.0. The number of nitrogens with one attached hydrogen (secondary N) is 1. The molecule has 2 fully saturated rings. The Hall–Kier alpha value is -2.88. The molecule has 0 spiro atoms. The molecule has 1 heterocycles. The van der Waals surface area contributed by atoms with Crippen LogP contribution in [0.5, 0.6) is 0 Å². The van der Waals surface area contributed by atoms with Crippen molar-refractivity contribution in [2.75, 3.05) is 4.90 Å². The Morgan fingerprint density at radius 3 is 2.32 bits per heavy atom. The molecule has 1 saturated heterocycles. The van der Waals surface area contributed by atoms with Gasteiger partial charge in [0.15, 0.2) is 5.54 Å². The highest BCUT2D eigenvalue weighted by Crippen LogP contribution is 2.40. The molecule has 0 unspecified atom stereocenters. The van der Waals surface area contributed by atoms with Crippen LogP contribution in [0.4, 0.5) is 5.69 Å². The van der Waals surface area contributed by atoms with Crippen LogP contribution in [0.15, 0.2) is 60.7 Å². The Kier molecular flexibility index (Phi) is 6.26. The Labute approximate surface area is 185 Å². The maximum absolute atomic E-state index is 13.6. The first kappa shape index (κ1) is 21.4. The number of hydrogen-bond acceptors (Lipinski definition) is 2. The molecule has 162 valence electrons. The van der Waals surface area contributed by atoms with Crippen molar-refractivity contribution in [2.45, 2.75) is 69.9 Å². The molecule has 1 atom stereocenters. The standard InChI is InChI=1S/C27H32N2O2/c1-20(2)22-13-15-24(16-14-22)29-25(30)19-27(29,18-17-21-9-5-3-6-10-21)26(31)28-23-11-7-4-8-12-23/h3,5-6,9-10,13-18,20,23H,4,7-8,11-12,19H2,1-2H3,(H,28,31)/b18-17+/t27-/m0/s1. The molecule has 4 rings (SSSR count). The summed E-state index contributed by atoms with van der Waals surface area (Å²) in [6.45, 7) is 4.29. The molecule has 1 aliphatic heterocycles. The number of nitrogens with zero attached hydrogens (tertiary/aromatic N) is 1. The van der Waals surface area contributed by atoms with Gasteiger partial charge in [0.25, 0.3) is 5.91 Å². The molecule has 4 heteroatoms. The molecule has 0 aromatic heterocycles. The molecule has 1 aliphatic carbocycles. The zero-order chi connectivity index (χ0) is 21.8. The molecule has 4 nitrogen and oxygen atoms in total. The van der Waals surface area contributed by atoms with Crippen molar-refractivity contribution < 1.29 is 9.59 Å². The van der Waals surface area contributed by atoms with Gasteiger partial charge in [0, 0.05) is 11.7 Å². The lowest BCUT2D eigenvalue weighted by Gasteiger charge is -2.49. The number of carbonyl (C=O) groups is 2. The van der Waals surface area contributed by atoms with Gasteiger partial charge in [-0.2, -0.15) is 0 Å². The van der Waals surface area contributed by atoms with Crippen LogP contribution in [0, 0.1) is 0 Å². The minimum Gasteiger partial charge on any atom is -0.351 e. The molecule has 31 heavy (non-hydrogen) atoms. The molecule has 0 radical (unpaired) electrons. The van der Waals surface area contributed by atoms with Crippen molar-refractivity contribution in [3.05, 3.63) is 71.8 Å². The number of benzene rings is 2. The smallest absolute Gasteiger partial charge is 0.251 e. The second-order valence-corrected chi connectivity index (χ2v) is 9.13. The molecular formula is C27H32N2O2. The predicted molar refractivity (Wildman–Crippen MR) is 126 cm³/mol. The second kappa shape index (κ2) is 9.09. The molecule has 1 saturated carbocycles. The van der Waals surface area contributed by atoms with Gasteiger partial charge in [-0.1, -0.05) is 81.7 Å². The lowest BCUT2D eigenvalue weighted by atomic mass is 9.80. The predicted octanol–water partition coefficient (Wildman–Crippen LogP) is 5.45. The summed E-state index contributed by atoms with van der Waals surface area (Å²) in [5.41, 5.74) is 2.02. The Morgan fingerprint density at radius 2 is 1.71 bits per heavy atom. The minimum atomic E-state index is -0.982. The summed E-state index contributed by atoms with van der Waals surface area (Å²) >= 11 is 0. The number of carbonyl (C=O) groups excluding carboxylic acids is 2. The topological polar surface area (TPSA) is 49.4 Å². The Balaban J connectivity index is 1.66. The summed E-state index contributed by atoms with van der Waals surface area (Å²) in [6.07, 6.45) is 9.64. The number of amides is 2. The molecule has 2 aromatic rings. The van der Waals surface area contributed by atoms with Gasteiger partial charge < -0.3 is 5.32 Å². The van der Waals surface area contributed by atoms with Crippen LogP contribution < -0.4 is 10.2 Å². The van der Waals surface area contributed by atoms with Gasteiger partial charge in [0.1, 0.15) is 0 Å². The maximum Gasteiger partial charge on any atom is 0.251 e. The number of β-lactam (4-membered cyclic amide) rings is 1. The van der Waals surface area contributed by atoms with Gasteiger partial charge >= 0.3 is 0 Å². The van der Waals surface area contributed by atoms with Gasteiger partial charge in [-0.05, 0) is 48.1 Å². The van der Waals surface area contributed by atoms with Crippen LogP contribution in [-0.2, 0) is 9.59 Å². The highest BCUT2D eigenvalue weighted by Gasteiger charge is 2.55. The van der Waals surface area contributed by atoms with E-state index >= 15 is 0 Å². The van der Waals surface area contributed by atoms with Crippen molar-refractivity contribution in [3.63, 3.8) is 0 Å². The van der Waals surface area contributed by atoms with Crippen molar-refractivity contribution in [2.24, 2.45) is 0 Å². The Bertz CT molecular complexity index is 943. The summed E-state index contributed by atoms with van der Waals surface area (Å²) in [5, 5.41) is 3.26. The SMILES string of the molecule is CC(C)c1ccc(N2C(=O)C[C@@]2(/C=C/c2ccccc2)C(=O)NC2CCCCC2)cc1. The zero-order valence-electron chi connectivity index (χ0n) is 18.5. The van der Waals surface area contributed by atoms with E-state index in [1.165, 1.54) is 12.0 Å². The van der Waals surface area contributed by atoms with E-state index in [1.54, 1.807) is 4.90 Å². The first-order valence-corrected chi connectivity index (χ1v) is 11.5. The quantitative estimate of drug-likeness (QED) is 0.637. The lowest BCUT2D eigenvalue weighted by molar-refractivity contribution is -0.137. The minimum absolute atomic E-state index is 0.0196. The van der Waals surface area contributed by atoms with Crippen molar-refractivity contribution in [1.82, 2.24) is 5.32 Å². The number of anilines is 1. The third kappa shape index (κ3) is 4.43. The van der Waals surface area contributed by atoms with Gasteiger partial charge in [0.2, 0.25) is 5.91 Å². The fourth-order valence-electron chi connectivity index (χ4n) is 4.65. The first-order valence-electron chi connectivity index (χ1n) is 11.5. The third-order valence-corrected chi connectivity index (χ3v) is 6.57. The van der Waals surface area contributed by atoms with Gasteiger partial charge in [-0.15, -0.1) is 0 Å². The van der Waals surface area contributed by atoms with Crippen molar-refractivity contribution >= 4 is 23.6 Å². The molecular weight excluding hydrogens is 384 g/mol. The zero-order valence-corrected chi connectivity index (χ0v) is 18.5. The van der Waals surface area contributed by atoms with E-state index in [2.05, 4.69) is 31.3 Å². The summed E-state index contributed by atoms with van der Waals surface area (Å²) in [4.78, 5) is 28.0. The van der Waals surface area contributed by atoms with Crippen LogP contribution in [0.1, 0.15) is 69.4 Å². The van der Waals surface area contributed by atoms with E-state index in [9.17, 15) is 9.59 Å². The average Bonchev–Trinajstić information content (AvgIpc) is 2.78. The molecule has 2 aromatic carbocycles. The van der Waals surface area contributed by atoms with E-state index in [0.717, 1.165) is 36.9 Å². The summed E-state index contributed by atoms with van der Waals surface area (Å²) < 4.78 is 0. The lowest BCUT2D eigenvalue weighted by Crippen LogP contribution is -2.70. The molecule has 2 amide bonds. The van der Waals surface area contributed by atoms with E-state index in [-0.39, 0.29) is 24.3 Å². The summed E-state index contributed by atoms with van der Waals surface area (Å²) in [7, 11) is 0. The highest BCUT2D eigenvalue weighted by molar-refractivity contribution is 6.15. The van der Waals surface area contributed by atoms with Gasteiger partial charge in [-0.25, -0.2) is 0 Å². The largest absolute Gasteiger partial charge is 0.351 e. The van der Waals surface area contributed by atoms with Crippen LogP contribution in [-0.4, -0.2) is 23.4 Å². The Morgan fingerprint density at radius 1 is 1.03 bits per heavy atom. The van der Waals surface area contributed by atoms with Crippen LogP contribution in [0.2, 0.25) is 0 Å². The van der Waals surface area contributed by atoms with E-state index in [1.807, 2.05) is 54.6 Å². The van der Waals surface area contributed by atoms with Crippen LogP contribution in [0.25, 0.3) is 6.08 Å². The van der Waals surface area contributed by atoms with E-state index < -0.39 is 5.54 Å². The average molecular weight is 417 g/mol. The third-order valence-electron chi connectivity index (χ3n) is 6.57. The molecule has 0 bridgehead atoms. The molecule has 1 N–H and O–H groups in total. The number of hydrogen-bond donors (Lipinski definition) is 1.